The van der Waals surface area contributed by atoms with Crippen molar-refractivity contribution >= 4 is 39.5 Å². The number of rotatable bonds is 4. The number of carbonyl (C=O) groups is 1. The summed E-state index contributed by atoms with van der Waals surface area (Å²) in [7, 11) is 1.32. The minimum atomic E-state index is -0.648. The van der Waals surface area contributed by atoms with Crippen molar-refractivity contribution in [2.45, 2.75) is 18.9 Å². The van der Waals surface area contributed by atoms with Crippen molar-refractivity contribution in [1.82, 2.24) is 0 Å². The van der Waals surface area contributed by atoms with Gasteiger partial charge in [0.15, 0.2) is 17.9 Å². The van der Waals surface area contributed by atoms with Gasteiger partial charge in [0.05, 0.1) is 29.4 Å². The van der Waals surface area contributed by atoms with Crippen molar-refractivity contribution in [2.75, 3.05) is 12.4 Å². The number of carbonyl (C=O) groups excluding carboxylic acids is 1. The molecule has 0 bridgehead atoms. The van der Waals surface area contributed by atoms with Crippen LogP contribution in [0.4, 0.5) is 10.1 Å². The van der Waals surface area contributed by atoms with Crippen LogP contribution in [0, 0.1) is 5.82 Å². The van der Waals surface area contributed by atoms with Gasteiger partial charge in [0.1, 0.15) is 0 Å². The number of nitrogens with one attached hydrogen (secondary N) is 1. The maximum atomic E-state index is 14.6. The molecule has 0 heterocycles. The smallest absolute Gasteiger partial charge is 0.190 e. The summed E-state index contributed by atoms with van der Waals surface area (Å²) in [5.74, 6) is -0.745. The van der Waals surface area contributed by atoms with E-state index >= 15 is 0 Å². The molecule has 1 N–H and O–H groups in total. The second-order valence-corrected chi connectivity index (χ2v) is 6.59. The second-order valence-electron chi connectivity index (χ2n) is 5.33. The van der Waals surface area contributed by atoms with Gasteiger partial charge in [-0.3, -0.25) is 4.79 Å². The van der Waals surface area contributed by atoms with E-state index < -0.39 is 5.82 Å². The topological polar surface area (TPSA) is 38.3 Å². The highest BCUT2D eigenvalue weighted by Gasteiger charge is 2.27. The molecule has 2 aromatic carbocycles. The zero-order chi connectivity index (χ0) is 16.6. The summed E-state index contributed by atoms with van der Waals surface area (Å²) < 4.78 is 20.7. The average molecular weight is 399 g/mol. The van der Waals surface area contributed by atoms with Crippen LogP contribution in [-0.4, -0.2) is 13.4 Å². The monoisotopic (exact) mass is 397 g/mol. The molecule has 0 amide bonds. The molecule has 0 radical (unpaired) electrons. The summed E-state index contributed by atoms with van der Waals surface area (Å²) in [5, 5.41) is 3.32. The fourth-order valence-electron chi connectivity index (χ4n) is 2.98. The highest BCUT2D eigenvalue weighted by molar-refractivity contribution is 9.10. The van der Waals surface area contributed by atoms with Gasteiger partial charge in [0.25, 0.3) is 0 Å². The molecular formula is C17H14BrClFNO2. The quantitative estimate of drug-likeness (QED) is 0.723. The van der Waals surface area contributed by atoms with Gasteiger partial charge in [0.2, 0.25) is 0 Å². The predicted octanol–water partition coefficient (Wildman–Crippen LogP) is 5.16. The maximum Gasteiger partial charge on any atom is 0.190 e. The van der Waals surface area contributed by atoms with Crippen molar-refractivity contribution in [3.05, 3.63) is 56.3 Å². The Bertz CT molecular complexity index is 782. The summed E-state index contributed by atoms with van der Waals surface area (Å²) in [5.41, 5.74) is 2.59. The zero-order valence-electron chi connectivity index (χ0n) is 12.3. The number of halogens is 3. The molecule has 120 valence electrons. The predicted molar refractivity (Wildman–Crippen MR) is 92.2 cm³/mol. The molecule has 2 aromatic rings. The molecule has 6 heteroatoms. The number of anilines is 1. The van der Waals surface area contributed by atoms with Gasteiger partial charge in [-0.1, -0.05) is 39.7 Å². The lowest BCUT2D eigenvalue weighted by Gasteiger charge is -2.19. The number of aldehydes is 1. The summed E-state index contributed by atoms with van der Waals surface area (Å²) in [6.45, 7) is 0. The Labute approximate surface area is 146 Å². The molecule has 0 saturated heterocycles. The van der Waals surface area contributed by atoms with Crippen molar-refractivity contribution < 1.29 is 13.9 Å². The van der Waals surface area contributed by atoms with Gasteiger partial charge < -0.3 is 10.1 Å². The lowest BCUT2D eigenvalue weighted by atomic mass is 10.1. The lowest BCUT2D eigenvalue weighted by Crippen LogP contribution is -2.10. The minimum absolute atomic E-state index is 0.0405. The molecule has 1 aliphatic rings. The molecule has 23 heavy (non-hydrogen) atoms. The lowest BCUT2D eigenvalue weighted by molar-refractivity contribution is 0.112. The Morgan fingerprint density at radius 3 is 2.96 bits per heavy atom. The van der Waals surface area contributed by atoms with Gasteiger partial charge in [0, 0.05) is 4.47 Å². The second kappa shape index (κ2) is 6.49. The molecule has 1 atom stereocenters. The van der Waals surface area contributed by atoms with Gasteiger partial charge in [-0.25, -0.2) is 4.39 Å². The molecule has 0 aromatic heterocycles. The first kappa shape index (κ1) is 16.3. The number of ether oxygens (including phenoxy) is 1. The first-order valence-corrected chi connectivity index (χ1v) is 8.29. The van der Waals surface area contributed by atoms with Crippen molar-refractivity contribution in [2.24, 2.45) is 0 Å². The molecule has 0 fully saturated rings. The van der Waals surface area contributed by atoms with E-state index in [-0.39, 0.29) is 28.1 Å². The van der Waals surface area contributed by atoms with E-state index in [1.54, 1.807) is 0 Å². The fourth-order valence-corrected chi connectivity index (χ4v) is 3.82. The third kappa shape index (κ3) is 2.83. The molecular weight excluding hydrogens is 385 g/mol. The van der Waals surface area contributed by atoms with E-state index in [1.807, 2.05) is 18.2 Å². The largest absolute Gasteiger partial charge is 0.493 e. The van der Waals surface area contributed by atoms with E-state index in [0.29, 0.717) is 6.29 Å². The van der Waals surface area contributed by atoms with E-state index in [1.165, 1.54) is 18.7 Å². The zero-order valence-corrected chi connectivity index (χ0v) is 14.7. The first-order valence-electron chi connectivity index (χ1n) is 7.11. The fraction of sp³-hybridized carbons (Fsp3) is 0.235. The summed E-state index contributed by atoms with van der Waals surface area (Å²) in [4.78, 5) is 11.0. The van der Waals surface area contributed by atoms with E-state index in [2.05, 4.69) is 21.2 Å². The third-order valence-corrected chi connectivity index (χ3v) is 5.11. The van der Waals surface area contributed by atoms with Gasteiger partial charge in [-0.15, -0.1) is 0 Å². The van der Waals surface area contributed by atoms with Crippen molar-refractivity contribution in [3.63, 3.8) is 0 Å². The van der Waals surface area contributed by atoms with Crippen LogP contribution in [-0.2, 0) is 6.42 Å². The average Bonchev–Trinajstić information content (AvgIpc) is 2.95. The Hall–Kier alpha value is -1.59. The van der Waals surface area contributed by atoms with E-state index in [4.69, 9.17) is 16.3 Å². The van der Waals surface area contributed by atoms with Crippen LogP contribution in [0.15, 0.2) is 28.7 Å². The number of fused-ring (bicyclic) bond motifs is 1. The van der Waals surface area contributed by atoms with Crippen LogP contribution in [0.3, 0.4) is 0 Å². The summed E-state index contributed by atoms with van der Waals surface area (Å²) in [6, 6.07) is 7.35. The van der Waals surface area contributed by atoms with Crippen molar-refractivity contribution in [3.8, 4) is 5.75 Å². The molecule has 0 saturated carbocycles. The Balaban J connectivity index is 2.00. The van der Waals surface area contributed by atoms with Crippen LogP contribution < -0.4 is 10.1 Å². The van der Waals surface area contributed by atoms with E-state index in [0.717, 1.165) is 22.9 Å². The van der Waals surface area contributed by atoms with Crippen LogP contribution in [0.25, 0.3) is 0 Å². The van der Waals surface area contributed by atoms with E-state index in [9.17, 15) is 9.18 Å². The Morgan fingerprint density at radius 1 is 1.48 bits per heavy atom. The number of hydrogen-bond acceptors (Lipinski definition) is 3. The molecule has 1 unspecified atom stereocenters. The van der Waals surface area contributed by atoms with Crippen LogP contribution >= 0.6 is 27.5 Å². The standard InChI is InChI=1S/C17H14BrClFNO2/c1-23-17-9(8-22)7-13(19)16(15(17)20)21-14-6-5-10-11(14)3-2-4-12(10)18/h2-4,7-8,14,21H,5-6H2,1H3. The third-order valence-electron chi connectivity index (χ3n) is 4.07. The summed E-state index contributed by atoms with van der Waals surface area (Å²) in [6.07, 6.45) is 2.27. The van der Waals surface area contributed by atoms with Crippen LogP contribution in [0.5, 0.6) is 5.75 Å². The highest BCUT2D eigenvalue weighted by Crippen LogP contribution is 2.41. The molecule has 3 nitrogen and oxygen atoms in total. The Morgan fingerprint density at radius 2 is 2.26 bits per heavy atom. The van der Waals surface area contributed by atoms with Gasteiger partial charge in [-0.2, -0.15) is 0 Å². The molecule has 1 aliphatic carbocycles. The normalized spacial score (nSPS) is 16.1. The van der Waals surface area contributed by atoms with Gasteiger partial charge >= 0.3 is 0 Å². The van der Waals surface area contributed by atoms with Gasteiger partial charge in [-0.05, 0) is 36.1 Å². The highest BCUT2D eigenvalue weighted by atomic mass is 79.9. The Kier molecular flexibility index (Phi) is 4.60. The molecule has 0 spiro atoms. The summed E-state index contributed by atoms with van der Waals surface area (Å²) >= 11 is 9.70. The number of methoxy groups -OCH3 is 1. The first-order chi connectivity index (χ1) is 11.1. The SMILES string of the molecule is COc1c(C=O)cc(Cl)c(NC2CCc3c(Br)cccc32)c1F. The van der Waals surface area contributed by atoms with Crippen LogP contribution in [0.2, 0.25) is 5.02 Å². The van der Waals surface area contributed by atoms with Crippen LogP contribution in [0.1, 0.15) is 33.9 Å². The van der Waals surface area contributed by atoms with Crippen molar-refractivity contribution in [1.29, 1.82) is 0 Å². The molecule has 3 rings (SSSR count). The molecule has 0 aliphatic heterocycles. The number of benzene rings is 2. The minimum Gasteiger partial charge on any atom is -0.493 e. The maximum absolute atomic E-state index is 14.6. The number of hydrogen-bond donors (Lipinski definition) is 1.